The average Bonchev–Trinajstić information content (AvgIpc) is 3.09. The summed E-state index contributed by atoms with van der Waals surface area (Å²) in [5.41, 5.74) is 1.85. The van der Waals surface area contributed by atoms with Crippen LogP contribution in [0.5, 0.6) is 0 Å². The van der Waals surface area contributed by atoms with E-state index in [9.17, 15) is 14.3 Å². The van der Waals surface area contributed by atoms with Gasteiger partial charge in [-0.1, -0.05) is 6.07 Å². The Labute approximate surface area is 195 Å². The molecule has 0 unspecified atom stereocenters. The molecule has 1 aliphatic heterocycles. The zero-order valence-corrected chi connectivity index (χ0v) is 19.3. The van der Waals surface area contributed by atoms with E-state index in [1.807, 2.05) is 13.0 Å². The highest BCUT2D eigenvalue weighted by molar-refractivity contribution is 5.77. The Morgan fingerprint density at radius 3 is 2.79 bits per heavy atom. The zero-order chi connectivity index (χ0) is 24.0. The van der Waals surface area contributed by atoms with Gasteiger partial charge in [0.05, 0.1) is 0 Å². The summed E-state index contributed by atoms with van der Waals surface area (Å²) in [6.07, 6.45) is 2.43. The van der Waals surface area contributed by atoms with Crippen LogP contribution >= 0.6 is 0 Å². The van der Waals surface area contributed by atoms with E-state index in [2.05, 4.69) is 37.7 Å². The minimum absolute atomic E-state index is 0.113. The van der Waals surface area contributed by atoms with E-state index in [1.54, 1.807) is 0 Å². The van der Waals surface area contributed by atoms with Crippen molar-refractivity contribution in [3.05, 3.63) is 69.5 Å². The first kappa shape index (κ1) is 22.2. The van der Waals surface area contributed by atoms with Crippen LogP contribution in [0.15, 0.2) is 41.3 Å². The number of aromatic nitrogens is 5. The Morgan fingerprint density at radius 1 is 1.21 bits per heavy atom. The Morgan fingerprint density at radius 2 is 2.03 bits per heavy atom. The monoisotopic (exact) mass is 463 g/mol. The van der Waals surface area contributed by atoms with Gasteiger partial charge in [-0.2, -0.15) is 4.98 Å². The van der Waals surface area contributed by atoms with Crippen molar-refractivity contribution in [2.24, 2.45) is 0 Å². The Balaban J connectivity index is 1.62. The van der Waals surface area contributed by atoms with E-state index in [1.165, 1.54) is 52.7 Å². The van der Waals surface area contributed by atoms with Gasteiger partial charge >= 0.3 is 0 Å². The lowest BCUT2D eigenvalue weighted by atomic mass is 10.0. The zero-order valence-electron chi connectivity index (χ0n) is 19.3. The number of anilines is 2. The number of benzene rings is 1. The molecule has 34 heavy (non-hydrogen) atoms. The number of fused-ring (bicyclic) bond motifs is 2. The van der Waals surface area contributed by atoms with Crippen molar-refractivity contribution in [1.82, 2.24) is 29.6 Å². The SMILES string of the molecule is CCn1c(=O)c2cnc(Nc3ccc4c(c3)CCNC4)nc2n1-c1ccc(F)c(C(C)(C)O)n1. The largest absolute Gasteiger partial charge is 0.384 e. The highest BCUT2D eigenvalue weighted by Gasteiger charge is 2.25. The predicted molar refractivity (Wildman–Crippen MR) is 127 cm³/mol. The summed E-state index contributed by atoms with van der Waals surface area (Å²) in [5, 5.41) is 17.3. The highest BCUT2D eigenvalue weighted by atomic mass is 19.1. The number of nitrogens with zero attached hydrogens (tertiary/aromatic N) is 5. The molecule has 0 saturated carbocycles. The van der Waals surface area contributed by atoms with E-state index in [0.29, 0.717) is 23.5 Å². The fourth-order valence-electron chi connectivity index (χ4n) is 4.27. The van der Waals surface area contributed by atoms with E-state index >= 15 is 0 Å². The molecule has 1 aliphatic rings. The summed E-state index contributed by atoms with van der Waals surface area (Å²) < 4.78 is 17.4. The molecule has 0 atom stereocenters. The van der Waals surface area contributed by atoms with Crippen molar-refractivity contribution in [3.63, 3.8) is 0 Å². The molecular weight excluding hydrogens is 437 g/mol. The van der Waals surface area contributed by atoms with Crippen LogP contribution in [0.3, 0.4) is 0 Å². The maximum Gasteiger partial charge on any atom is 0.278 e. The van der Waals surface area contributed by atoms with Gasteiger partial charge in [-0.3, -0.25) is 4.79 Å². The van der Waals surface area contributed by atoms with Crippen molar-refractivity contribution >= 4 is 22.7 Å². The van der Waals surface area contributed by atoms with Gasteiger partial charge < -0.3 is 15.7 Å². The second kappa shape index (κ2) is 8.30. The first-order valence-corrected chi connectivity index (χ1v) is 11.2. The summed E-state index contributed by atoms with van der Waals surface area (Å²) in [5.74, 6) is -0.0238. The smallest absolute Gasteiger partial charge is 0.278 e. The van der Waals surface area contributed by atoms with Crippen LogP contribution in [0.1, 0.15) is 37.6 Å². The maximum atomic E-state index is 14.4. The molecule has 0 aliphatic carbocycles. The fourth-order valence-corrected chi connectivity index (χ4v) is 4.27. The first-order chi connectivity index (χ1) is 16.3. The van der Waals surface area contributed by atoms with E-state index in [4.69, 9.17) is 0 Å². The normalized spacial score (nSPS) is 13.8. The number of rotatable bonds is 5. The Bertz CT molecular complexity index is 1450. The van der Waals surface area contributed by atoms with Crippen LogP contribution in [-0.2, 0) is 25.1 Å². The second-order valence-electron chi connectivity index (χ2n) is 8.86. The lowest BCUT2D eigenvalue weighted by Crippen LogP contribution is -2.24. The van der Waals surface area contributed by atoms with E-state index in [0.717, 1.165) is 25.2 Å². The van der Waals surface area contributed by atoms with Gasteiger partial charge in [0.1, 0.15) is 22.5 Å². The van der Waals surface area contributed by atoms with Crippen molar-refractivity contribution < 1.29 is 9.50 Å². The third-order valence-corrected chi connectivity index (χ3v) is 5.95. The molecule has 0 amide bonds. The summed E-state index contributed by atoms with van der Waals surface area (Å²) >= 11 is 0. The number of hydrogen-bond acceptors (Lipinski definition) is 7. The van der Waals surface area contributed by atoms with Gasteiger partial charge in [-0.25, -0.2) is 23.7 Å². The topological polar surface area (TPSA) is 110 Å². The molecule has 0 radical (unpaired) electrons. The van der Waals surface area contributed by atoms with E-state index < -0.39 is 11.4 Å². The summed E-state index contributed by atoms with van der Waals surface area (Å²) in [6, 6.07) is 8.83. The molecule has 4 heterocycles. The fraction of sp³-hybridized carbons (Fsp3) is 0.333. The number of aliphatic hydroxyl groups is 1. The lowest BCUT2D eigenvalue weighted by Gasteiger charge is -2.19. The molecule has 4 aromatic rings. The molecule has 9 nitrogen and oxygen atoms in total. The van der Waals surface area contributed by atoms with Gasteiger partial charge in [0.25, 0.3) is 5.56 Å². The van der Waals surface area contributed by atoms with Crippen LogP contribution in [0.25, 0.3) is 16.9 Å². The second-order valence-corrected chi connectivity index (χ2v) is 8.86. The van der Waals surface area contributed by atoms with Crippen LogP contribution in [0.2, 0.25) is 0 Å². The molecule has 3 N–H and O–H groups in total. The maximum absolute atomic E-state index is 14.4. The molecule has 0 fully saturated rings. The number of hydrogen-bond donors (Lipinski definition) is 3. The molecule has 10 heteroatoms. The quantitative estimate of drug-likeness (QED) is 0.417. The molecule has 0 spiro atoms. The first-order valence-electron chi connectivity index (χ1n) is 11.2. The summed E-state index contributed by atoms with van der Waals surface area (Å²) in [4.78, 5) is 26.3. The van der Waals surface area contributed by atoms with Gasteiger partial charge in [0.15, 0.2) is 11.5 Å². The Hall–Kier alpha value is -3.63. The van der Waals surface area contributed by atoms with Gasteiger partial charge in [-0.15, -0.1) is 0 Å². The highest BCUT2D eigenvalue weighted by Crippen LogP contribution is 2.25. The number of nitrogens with one attached hydrogen (secondary N) is 2. The van der Waals surface area contributed by atoms with Crippen molar-refractivity contribution in [3.8, 4) is 5.82 Å². The third kappa shape index (κ3) is 3.84. The van der Waals surface area contributed by atoms with Crippen molar-refractivity contribution in [1.29, 1.82) is 0 Å². The lowest BCUT2D eigenvalue weighted by molar-refractivity contribution is 0.0694. The molecule has 176 valence electrons. The molecule has 5 rings (SSSR count). The Kier molecular flexibility index (Phi) is 5.41. The molecule has 0 bridgehead atoms. The summed E-state index contributed by atoms with van der Waals surface area (Å²) in [6.45, 7) is 6.88. The number of halogens is 1. The summed E-state index contributed by atoms with van der Waals surface area (Å²) in [7, 11) is 0. The predicted octanol–water partition coefficient (Wildman–Crippen LogP) is 2.75. The van der Waals surface area contributed by atoms with Crippen molar-refractivity contribution in [2.75, 3.05) is 11.9 Å². The third-order valence-electron chi connectivity index (χ3n) is 5.95. The minimum atomic E-state index is -1.50. The molecule has 0 saturated heterocycles. The molecule has 1 aromatic carbocycles. The molecule has 3 aromatic heterocycles. The number of pyridine rings is 1. The van der Waals surface area contributed by atoms with Gasteiger partial charge in [0.2, 0.25) is 5.95 Å². The van der Waals surface area contributed by atoms with Crippen LogP contribution in [0.4, 0.5) is 16.0 Å². The average molecular weight is 464 g/mol. The minimum Gasteiger partial charge on any atom is -0.384 e. The van der Waals surface area contributed by atoms with Crippen molar-refractivity contribution in [2.45, 2.75) is 45.9 Å². The standard InChI is InChI=1S/C24H26FN7O2/c1-4-31-22(33)17-13-27-23(28-16-6-5-15-12-26-10-9-14(15)11-16)30-21(17)32(31)19-8-7-18(25)20(29-19)24(2,3)34/h5-8,11,13,26,34H,4,9-10,12H2,1-3H3,(H,27,28,30). The van der Waals surface area contributed by atoms with Gasteiger partial charge in [0, 0.05) is 25.0 Å². The van der Waals surface area contributed by atoms with Crippen LogP contribution in [-0.4, -0.2) is 36.0 Å². The van der Waals surface area contributed by atoms with Crippen LogP contribution in [0, 0.1) is 5.82 Å². The van der Waals surface area contributed by atoms with Gasteiger partial charge in [-0.05, 0) is 69.1 Å². The van der Waals surface area contributed by atoms with Crippen LogP contribution < -0.4 is 16.2 Å². The molecular formula is C24H26FN7O2. The van der Waals surface area contributed by atoms with E-state index in [-0.39, 0.29) is 17.1 Å².